The van der Waals surface area contributed by atoms with Crippen molar-refractivity contribution < 1.29 is 23.9 Å². The van der Waals surface area contributed by atoms with Gasteiger partial charge in [0.25, 0.3) is 5.91 Å². The summed E-state index contributed by atoms with van der Waals surface area (Å²) >= 11 is 0. The predicted molar refractivity (Wildman–Crippen MR) is 118 cm³/mol. The second-order valence-corrected chi connectivity index (χ2v) is 8.72. The van der Waals surface area contributed by atoms with Crippen molar-refractivity contribution in [3.8, 4) is 11.5 Å². The molecule has 172 valence electrons. The number of fused-ring (bicyclic) bond motifs is 1. The van der Waals surface area contributed by atoms with Crippen molar-refractivity contribution in [3.63, 3.8) is 0 Å². The zero-order valence-corrected chi connectivity index (χ0v) is 18.5. The van der Waals surface area contributed by atoms with Gasteiger partial charge in [-0.1, -0.05) is 0 Å². The Bertz CT molecular complexity index is 1100. The largest absolute Gasteiger partial charge is 0.495 e. The molecule has 2 saturated heterocycles. The average Bonchev–Trinajstić information content (AvgIpc) is 3.37. The monoisotopic (exact) mass is 450 g/mol. The molecule has 9 nitrogen and oxygen atoms in total. The zero-order valence-electron chi connectivity index (χ0n) is 18.5. The summed E-state index contributed by atoms with van der Waals surface area (Å²) < 4.78 is 11.5. The molecule has 3 aliphatic rings. The molecule has 33 heavy (non-hydrogen) atoms. The average molecular weight is 450 g/mol. The van der Waals surface area contributed by atoms with Crippen molar-refractivity contribution in [3.05, 3.63) is 53.3 Å². The Labute approximate surface area is 191 Å². The summed E-state index contributed by atoms with van der Waals surface area (Å²) in [6.45, 7) is 2.85. The highest BCUT2D eigenvalue weighted by Crippen LogP contribution is 2.31. The molecule has 3 aliphatic heterocycles. The lowest BCUT2D eigenvalue weighted by molar-refractivity contribution is -0.136. The summed E-state index contributed by atoms with van der Waals surface area (Å²) in [4.78, 5) is 44.6. The summed E-state index contributed by atoms with van der Waals surface area (Å²) in [7, 11) is 1.63. The van der Waals surface area contributed by atoms with E-state index in [0.29, 0.717) is 18.5 Å². The fourth-order valence-corrected chi connectivity index (χ4v) is 4.77. The minimum atomic E-state index is -0.610. The number of likely N-dealkylation sites (tertiary alicyclic amines) is 1. The van der Waals surface area contributed by atoms with E-state index in [1.165, 1.54) is 0 Å². The first-order valence-electron chi connectivity index (χ1n) is 11.1. The van der Waals surface area contributed by atoms with Crippen molar-refractivity contribution in [2.75, 3.05) is 20.2 Å². The number of methoxy groups -OCH3 is 1. The first-order chi connectivity index (χ1) is 16.0. The minimum absolute atomic E-state index is 0.0601. The van der Waals surface area contributed by atoms with Crippen LogP contribution in [0.5, 0.6) is 11.5 Å². The number of rotatable bonds is 6. The number of ether oxygens (including phenoxy) is 2. The van der Waals surface area contributed by atoms with E-state index in [9.17, 15) is 14.4 Å². The summed E-state index contributed by atoms with van der Waals surface area (Å²) in [5.41, 5.74) is 2.53. The highest BCUT2D eigenvalue weighted by molar-refractivity contribution is 6.05. The van der Waals surface area contributed by atoms with E-state index in [1.807, 2.05) is 24.4 Å². The smallest absolute Gasteiger partial charge is 0.255 e. The fourth-order valence-electron chi connectivity index (χ4n) is 4.77. The number of nitrogens with zero attached hydrogens (tertiary/aromatic N) is 3. The lowest BCUT2D eigenvalue weighted by atomic mass is 10.0. The van der Waals surface area contributed by atoms with E-state index in [0.717, 1.165) is 48.7 Å². The Morgan fingerprint density at radius 1 is 1.12 bits per heavy atom. The molecule has 0 spiro atoms. The standard InChI is InChI=1S/C24H26N4O5/c1-32-19-8-15(10-25-11-19)12-27-7-6-18(14-27)33-17-2-3-20-16(9-17)13-28(24(20)31)21-4-5-22(29)26-23(21)30/h2-3,8-11,18,21H,4-7,12-14H2,1H3,(H,26,29,30)/t18-,21?/m0/s1. The zero-order chi connectivity index (χ0) is 22.9. The van der Waals surface area contributed by atoms with Gasteiger partial charge in [0.1, 0.15) is 23.6 Å². The number of hydrogen-bond donors (Lipinski definition) is 1. The highest BCUT2D eigenvalue weighted by Gasteiger charge is 2.39. The maximum absolute atomic E-state index is 12.8. The van der Waals surface area contributed by atoms with Crippen LogP contribution >= 0.6 is 0 Å². The lowest BCUT2D eigenvalue weighted by Crippen LogP contribution is -2.52. The first-order valence-corrected chi connectivity index (χ1v) is 11.1. The van der Waals surface area contributed by atoms with E-state index < -0.39 is 11.9 Å². The van der Waals surface area contributed by atoms with Crippen molar-refractivity contribution in [2.45, 2.75) is 44.5 Å². The Morgan fingerprint density at radius 2 is 2.00 bits per heavy atom. The molecule has 1 aromatic heterocycles. The van der Waals surface area contributed by atoms with Gasteiger partial charge in [0, 0.05) is 44.4 Å². The number of amides is 3. The molecule has 0 aliphatic carbocycles. The molecule has 9 heteroatoms. The molecule has 5 rings (SSSR count). The van der Waals surface area contributed by atoms with E-state index in [-0.39, 0.29) is 24.3 Å². The van der Waals surface area contributed by atoms with Gasteiger partial charge in [-0.25, -0.2) is 0 Å². The van der Waals surface area contributed by atoms with Crippen molar-refractivity contribution in [1.82, 2.24) is 20.1 Å². The van der Waals surface area contributed by atoms with Crippen LogP contribution in [0.1, 0.15) is 40.7 Å². The topological polar surface area (TPSA) is 101 Å². The van der Waals surface area contributed by atoms with Gasteiger partial charge < -0.3 is 14.4 Å². The van der Waals surface area contributed by atoms with E-state index in [4.69, 9.17) is 9.47 Å². The number of imide groups is 1. The van der Waals surface area contributed by atoms with Crippen LogP contribution in [0, 0.1) is 0 Å². The van der Waals surface area contributed by atoms with E-state index in [1.54, 1.807) is 24.3 Å². The Balaban J connectivity index is 1.20. The molecule has 0 bridgehead atoms. The number of pyridine rings is 1. The molecule has 1 N–H and O–H groups in total. The summed E-state index contributed by atoms with van der Waals surface area (Å²) in [5, 5.41) is 2.33. The van der Waals surface area contributed by atoms with E-state index in [2.05, 4.69) is 15.2 Å². The van der Waals surface area contributed by atoms with Crippen LogP contribution in [0.25, 0.3) is 0 Å². The van der Waals surface area contributed by atoms with Crippen LogP contribution in [0.15, 0.2) is 36.7 Å². The summed E-state index contributed by atoms with van der Waals surface area (Å²) in [5.74, 6) is 0.607. The molecular weight excluding hydrogens is 424 g/mol. The maximum atomic E-state index is 12.8. The molecule has 0 radical (unpaired) electrons. The number of benzene rings is 1. The molecule has 2 aromatic rings. The minimum Gasteiger partial charge on any atom is -0.495 e. The third-order valence-corrected chi connectivity index (χ3v) is 6.44. The van der Waals surface area contributed by atoms with Crippen LogP contribution in [0.3, 0.4) is 0 Å². The summed E-state index contributed by atoms with van der Waals surface area (Å²) in [6, 6.07) is 6.87. The molecular formula is C24H26N4O5. The van der Waals surface area contributed by atoms with Crippen LogP contribution in [0.2, 0.25) is 0 Å². The van der Waals surface area contributed by atoms with Crippen LogP contribution in [-0.4, -0.2) is 64.9 Å². The second kappa shape index (κ2) is 8.82. The van der Waals surface area contributed by atoms with Crippen molar-refractivity contribution in [1.29, 1.82) is 0 Å². The second-order valence-electron chi connectivity index (χ2n) is 8.72. The molecule has 0 saturated carbocycles. The fraction of sp³-hybridized carbons (Fsp3) is 0.417. The molecule has 2 atom stereocenters. The van der Waals surface area contributed by atoms with Crippen molar-refractivity contribution >= 4 is 17.7 Å². The van der Waals surface area contributed by atoms with Gasteiger partial charge in [-0.15, -0.1) is 0 Å². The lowest BCUT2D eigenvalue weighted by Gasteiger charge is -2.29. The van der Waals surface area contributed by atoms with Crippen LogP contribution in [-0.2, 0) is 22.7 Å². The molecule has 1 aromatic carbocycles. The van der Waals surface area contributed by atoms with Gasteiger partial charge in [0.05, 0.1) is 13.3 Å². The van der Waals surface area contributed by atoms with Crippen molar-refractivity contribution in [2.24, 2.45) is 0 Å². The van der Waals surface area contributed by atoms with E-state index >= 15 is 0 Å². The molecule has 3 amide bonds. The summed E-state index contributed by atoms with van der Waals surface area (Å²) in [6.07, 6.45) is 5.12. The van der Waals surface area contributed by atoms with Gasteiger partial charge in [0.2, 0.25) is 11.8 Å². The number of hydrogen-bond acceptors (Lipinski definition) is 7. The number of piperidine rings is 1. The molecule has 1 unspecified atom stereocenters. The Morgan fingerprint density at radius 3 is 2.82 bits per heavy atom. The van der Waals surface area contributed by atoms with Gasteiger partial charge in [-0.05, 0) is 48.2 Å². The van der Waals surface area contributed by atoms with Crippen LogP contribution in [0.4, 0.5) is 0 Å². The van der Waals surface area contributed by atoms with Crippen LogP contribution < -0.4 is 14.8 Å². The predicted octanol–water partition coefficient (Wildman–Crippen LogP) is 1.50. The number of nitrogens with one attached hydrogen (secondary N) is 1. The first kappa shape index (κ1) is 21.4. The number of carbonyl (C=O) groups excluding carboxylic acids is 3. The van der Waals surface area contributed by atoms with Gasteiger partial charge in [-0.2, -0.15) is 0 Å². The number of carbonyl (C=O) groups is 3. The van der Waals surface area contributed by atoms with Gasteiger partial charge in [-0.3, -0.25) is 29.6 Å². The Kier molecular flexibility index (Phi) is 5.72. The Hall–Kier alpha value is -3.46. The third-order valence-electron chi connectivity index (χ3n) is 6.44. The SMILES string of the molecule is COc1cncc(CN2CC[C@H](Oc3ccc4c(c3)CN(C3CCC(=O)NC3=O)C4=O)C2)c1. The number of aromatic nitrogens is 1. The molecule has 4 heterocycles. The molecule has 2 fully saturated rings. The van der Waals surface area contributed by atoms with Gasteiger partial charge >= 0.3 is 0 Å². The third kappa shape index (κ3) is 4.41. The highest BCUT2D eigenvalue weighted by atomic mass is 16.5. The maximum Gasteiger partial charge on any atom is 0.255 e. The normalized spacial score (nSPS) is 22.9. The quantitative estimate of drug-likeness (QED) is 0.666. The van der Waals surface area contributed by atoms with Gasteiger partial charge in [0.15, 0.2) is 0 Å².